The highest BCUT2D eigenvalue weighted by Crippen LogP contribution is 2.31. The molecule has 1 aromatic carbocycles. The lowest BCUT2D eigenvalue weighted by atomic mass is 9.88. The normalized spacial score (nSPS) is 19.1. The Labute approximate surface area is 114 Å². The van der Waals surface area contributed by atoms with E-state index in [9.17, 15) is 8.42 Å². The van der Waals surface area contributed by atoms with E-state index in [1.54, 1.807) is 0 Å². The molecule has 0 radical (unpaired) electrons. The number of hydrogen-bond acceptors (Lipinski definition) is 3. The summed E-state index contributed by atoms with van der Waals surface area (Å²) >= 11 is 0. The fourth-order valence-electron chi connectivity index (χ4n) is 2.42. The molecule has 0 saturated heterocycles. The van der Waals surface area contributed by atoms with Gasteiger partial charge in [-0.15, -0.1) is 0 Å². The summed E-state index contributed by atoms with van der Waals surface area (Å²) in [6.45, 7) is 2.39. The molecule has 19 heavy (non-hydrogen) atoms. The van der Waals surface area contributed by atoms with Crippen LogP contribution in [0.15, 0.2) is 18.2 Å². The van der Waals surface area contributed by atoms with Gasteiger partial charge in [-0.3, -0.25) is 0 Å². The largest absolute Gasteiger partial charge is 0.399 e. The zero-order valence-electron chi connectivity index (χ0n) is 11.1. The minimum absolute atomic E-state index is 0.154. The molecule has 0 heterocycles. The van der Waals surface area contributed by atoms with Gasteiger partial charge in [-0.2, -0.15) is 13.1 Å². The van der Waals surface area contributed by atoms with Gasteiger partial charge < -0.3 is 5.73 Å². The first kappa shape index (κ1) is 14.3. The summed E-state index contributed by atoms with van der Waals surface area (Å²) < 4.78 is 29.0. The SMILES string of the molecule is CCCNS(=O)(=O)NC1CCCc2cc(N)ccc21. The minimum Gasteiger partial charge on any atom is -0.399 e. The summed E-state index contributed by atoms with van der Waals surface area (Å²) in [5.41, 5.74) is 8.69. The predicted octanol–water partition coefficient (Wildman–Crippen LogP) is 1.48. The molecule has 0 aromatic heterocycles. The van der Waals surface area contributed by atoms with Crippen LogP contribution < -0.4 is 15.2 Å². The highest BCUT2D eigenvalue weighted by molar-refractivity contribution is 7.87. The van der Waals surface area contributed by atoms with Crippen LogP contribution in [0.3, 0.4) is 0 Å². The van der Waals surface area contributed by atoms with Crippen LogP contribution in [-0.2, 0) is 16.6 Å². The molecule has 0 amide bonds. The zero-order valence-corrected chi connectivity index (χ0v) is 12.0. The van der Waals surface area contributed by atoms with Gasteiger partial charge >= 0.3 is 0 Å². The number of rotatable bonds is 5. The first-order valence-electron chi connectivity index (χ1n) is 6.67. The third-order valence-electron chi connectivity index (χ3n) is 3.32. The molecular weight excluding hydrogens is 262 g/mol. The van der Waals surface area contributed by atoms with Gasteiger partial charge in [0.05, 0.1) is 0 Å². The Morgan fingerprint density at radius 3 is 2.95 bits per heavy atom. The molecule has 0 aliphatic heterocycles. The van der Waals surface area contributed by atoms with Crippen molar-refractivity contribution in [2.45, 2.75) is 38.6 Å². The first-order valence-corrected chi connectivity index (χ1v) is 8.15. The molecular formula is C13H21N3O2S. The van der Waals surface area contributed by atoms with Crippen molar-refractivity contribution in [3.63, 3.8) is 0 Å². The lowest BCUT2D eigenvalue weighted by Crippen LogP contribution is -2.40. The maximum absolute atomic E-state index is 11.9. The summed E-state index contributed by atoms with van der Waals surface area (Å²) in [6.07, 6.45) is 3.53. The average molecular weight is 283 g/mol. The van der Waals surface area contributed by atoms with Crippen LogP contribution in [-0.4, -0.2) is 15.0 Å². The number of nitrogens with two attached hydrogens (primary N) is 1. The Morgan fingerprint density at radius 1 is 1.42 bits per heavy atom. The summed E-state index contributed by atoms with van der Waals surface area (Å²) in [5.74, 6) is 0. The van der Waals surface area contributed by atoms with Crippen molar-refractivity contribution in [3.8, 4) is 0 Å². The molecule has 4 N–H and O–H groups in total. The lowest BCUT2D eigenvalue weighted by molar-refractivity contribution is 0.500. The highest BCUT2D eigenvalue weighted by atomic mass is 32.2. The topological polar surface area (TPSA) is 84.2 Å². The summed E-state index contributed by atoms with van der Waals surface area (Å²) in [7, 11) is -3.43. The Bertz CT molecular complexity index is 543. The van der Waals surface area contributed by atoms with E-state index in [4.69, 9.17) is 5.73 Å². The molecule has 6 heteroatoms. The van der Waals surface area contributed by atoms with Gasteiger partial charge in [0.2, 0.25) is 0 Å². The van der Waals surface area contributed by atoms with Crippen molar-refractivity contribution in [3.05, 3.63) is 29.3 Å². The van der Waals surface area contributed by atoms with Gasteiger partial charge in [0.25, 0.3) is 10.2 Å². The van der Waals surface area contributed by atoms with E-state index in [0.29, 0.717) is 6.54 Å². The maximum Gasteiger partial charge on any atom is 0.277 e. The van der Waals surface area contributed by atoms with Crippen LogP contribution in [0.1, 0.15) is 43.4 Å². The standard InChI is InChI=1S/C13H21N3O2S/c1-2-8-15-19(17,18)16-13-5-3-4-10-9-11(14)6-7-12(10)13/h6-7,9,13,15-16H,2-5,8,14H2,1H3. The van der Waals surface area contributed by atoms with E-state index >= 15 is 0 Å². The van der Waals surface area contributed by atoms with Crippen LogP contribution in [0.25, 0.3) is 0 Å². The number of nitrogens with one attached hydrogen (secondary N) is 2. The van der Waals surface area contributed by atoms with Crippen molar-refractivity contribution in [1.29, 1.82) is 0 Å². The lowest BCUT2D eigenvalue weighted by Gasteiger charge is -2.26. The Morgan fingerprint density at radius 2 is 2.21 bits per heavy atom. The Balaban J connectivity index is 2.16. The van der Waals surface area contributed by atoms with Crippen molar-refractivity contribution in [2.75, 3.05) is 12.3 Å². The second-order valence-corrected chi connectivity index (χ2v) is 6.45. The molecule has 1 aliphatic carbocycles. The van der Waals surface area contributed by atoms with Gasteiger partial charge in [-0.05, 0) is 48.9 Å². The van der Waals surface area contributed by atoms with Crippen LogP contribution in [0, 0.1) is 0 Å². The second-order valence-electron chi connectivity index (χ2n) is 4.92. The number of anilines is 1. The molecule has 0 bridgehead atoms. The van der Waals surface area contributed by atoms with Crippen molar-refractivity contribution in [1.82, 2.24) is 9.44 Å². The van der Waals surface area contributed by atoms with Crippen molar-refractivity contribution < 1.29 is 8.42 Å². The van der Waals surface area contributed by atoms with Gasteiger partial charge in [-0.25, -0.2) is 4.72 Å². The van der Waals surface area contributed by atoms with E-state index in [0.717, 1.165) is 42.5 Å². The molecule has 0 spiro atoms. The summed E-state index contributed by atoms with van der Waals surface area (Å²) in [6, 6.07) is 5.54. The third-order valence-corrected chi connectivity index (χ3v) is 4.50. The van der Waals surface area contributed by atoms with E-state index < -0.39 is 10.2 Å². The predicted molar refractivity (Wildman–Crippen MR) is 76.9 cm³/mol. The zero-order chi connectivity index (χ0) is 13.9. The Kier molecular flexibility index (Phi) is 4.44. The number of benzene rings is 1. The summed E-state index contributed by atoms with van der Waals surface area (Å²) in [5, 5.41) is 0. The molecule has 106 valence electrons. The first-order chi connectivity index (χ1) is 9.02. The monoisotopic (exact) mass is 283 g/mol. The van der Waals surface area contributed by atoms with E-state index in [2.05, 4.69) is 9.44 Å². The molecule has 0 fully saturated rings. The van der Waals surface area contributed by atoms with Crippen molar-refractivity contribution >= 4 is 15.9 Å². The fourth-order valence-corrected chi connectivity index (χ4v) is 3.60. The number of hydrogen-bond donors (Lipinski definition) is 3. The Hall–Kier alpha value is -1.11. The van der Waals surface area contributed by atoms with Gasteiger partial charge in [0.1, 0.15) is 0 Å². The third kappa shape index (κ3) is 3.68. The van der Waals surface area contributed by atoms with Gasteiger partial charge in [-0.1, -0.05) is 13.0 Å². The van der Waals surface area contributed by atoms with E-state index in [1.807, 2.05) is 25.1 Å². The highest BCUT2D eigenvalue weighted by Gasteiger charge is 2.24. The molecule has 0 saturated carbocycles. The van der Waals surface area contributed by atoms with E-state index in [1.165, 1.54) is 0 Å². The molecule has 5 nitrogen and oxygen atoms in total. The minimum atomic E-state index is -3.43. The van der Waals surface area contributed by atoms with Crippen LogP contribution in [0.2, 0.25) is 0 Å². The second kappa shape index (κ2) is 5.90. The quantitative estimate of drug-likeness (QED) is 0.716. The molecule has 1 unspecified atom stereocenters. The molecule has 1 aliphatic rings. The number of aryl methyl sites for hydroxylation is 1. The number of nitrogen functional groups attached to an aromatic ring is 1. The fraction of sp³-hybridized carbons (Fsp3) is 0.538. The molecule has 1 atom stereocenters. The van der Waals surface area contributed by atoms with Crippen LogP contribution in [0.5, 0.6) is 0 Å². The van der Waals surface area contributed by atoms with E-state index in [-0.39, 0.29) is 6.04 Å². The average Bonchev–Trinajstić information content (AvgIpc) is 2.36. The van der Waals surface area contributed by atoms with Crippen LogP contribution in [0.4, 0.5) is 5.69 Å². The summed E-state index contributed by atoms with van der Waals surface area (Å²) in [4.78, 5) is 0. The molecule has 1 aromatic rings. The number of fused-ring (bicyclic) bond motifs is 1. The van der Waals surface area contributed by atoms with Gasteiger partial charge in [0.15, 0.2) is 0 Å². The smallest absolute Gasteiger partial charge is 0.277 e. The van der Waals surface area contributed by atoms with Crippen molar-refractivity contribution in [2.24, 2.45) is 0 Å². The molecule has 2 rings (SSSR count). The maximum atomic E-state index is 11.9. The van der Waals surface area contributed by atoms with Crippen LogP contribution >= 0.6 is 0 Å². The van der Waals surface area contributed by atoms with Gasteiger partial charge in [0, 0.05) is 18.3 Å².